The zero-order valence-corrected chi connectivity index (χ0v) is 13.1. The lowest BCUT2D eigenvalue weighted by Gasteiger charge is -2.11. The van der Waals surface area contributed by atoms with E-state index in [1.165, 1.54) is 0 Å². The minimum Gasteiger partial charge on any atom is -0.507 e. The molecular weight excluding hydrogens is 294 g/mol. The van der Waals surface area contributed by atoms with Crippen molar-refractivity contribution in [2.45, 2.75) is 44.8 Å². The number of hydrogen-bond donors (Lipinski definition) is 2. The fourth-order valence-electron chi connectivity index (χ4n) is 3.83. The van der Waals surface area contributed by atoms with Crippen molar-refractivity contribution in [2.24, 2.45) is 0 Å². The summed E-state index contributed by atoms with van der Waals surface area (Å²) in [6.07, 6.45) is 5.24. The topological polar surface area (TPSA) is 76.3 Å². The van der Waals surface area contributed by atoms with Gasteiger partial charge in [-0.15, -0.1) is 0 Å². The molecule has 1 saturated heterocycles. The van der Waals surface area contributed by atoms with Crippen molar-refractivity contribution in [1.29, 1.82) is 0 Å². The Hall–Kier alpha value is -1.85. The van der Waals surface area contributed by atoms with Gasteiger partial charge in [0.25, 0.3) is 0 Å². The predicted molar refractivity (Wildman–Crippen MR) is 85.6 cm³/mol. The van der Waals surface area contributed by atoms with Crippen molar-refractivity contribution < 1.29 is 19.6 Å². The van der Waals surface area contributed by atoms with E-state index in [2.05, 4.69) is 5.32 Å². The van der Waals surface area contributed by atoms with E-state index >= 15 is 0 Å². The number of ether oxygens (including phenoxy) is 1. The van der Waals surface area contributed by atoms with E-state index in [-0.39, 0.29) is 11.4 Å². The van der Waals surface area contributed by atoms with Gasteiger partial charge in [0.15, 0.2) is 5.58 Å². The molecule has 1 aliphatic heterocycles. The average Bonchev–Trinajstić information content (AvgIpc) is 3.21. The SMILES string of the molecule is O=c1oc2c(C[NH2+]C[C@H]3CCCO3)c(O)ccc2c2c1CCC2. The second-order valence-electron chi connectivity index (χ2n) is 6.50. The second kappa shape index (κ2) is 5.98. The van der Waals surface area contributed by atoms with Gasteiger partial charge < -0.3 is 19.6 Å². The van der Waals surface area contributed by atoms with Gasteiger partial charge in [-0.3, -0.25) is 0 Å². The van der Waals surface area contributed by atoms with Gasteiger partial charge >= 0.3 is 5.63 Å². The van der Waals surface area contributed by atoms with Crippen LogP contribution in [0.3, 0.4) is 0 Å². The highest BCUT2D eigenvalue weighted by atomic mass is 16.5. The minimum atomic E-state index is -0.240. The molecule has 0 amide bonds. The molecular formula is C18H22NO4+. The molecule has 2 aromatic rings. The number of phenols is 1. The summed E-state index contributed by atoms with van der Waals surface area (Å²) in [4.78, 5) is 12.2. The molecule has 3 N–H and O–H groups in total. The third-order valence-corrected chi connectivity index (χ3v) is 5.02. The van der Waals surface area contributed by atoms with Crippen molar-refractivity contribution in [2.75, 3.05) is 13.2 Å². The van der Waals surface area contributed by atoms with E-state index < -0.39 is 0 Å². The zero-order valence-electron chi connectivity index (χ0n) is 13.1. The molecule has 0 unspecified atom stereocenters. The first-order valence-corrected chi connectivity index (χ1v) is 8.46. The molecule has 0 saturated carbocycles. The Bertz CT molecular complexity index is 790. The zero-order chi connectivity index (χ0) is 15.8. The molecule has 5 nitrogen and oxygen atoms in total. The van der Waals surface area contributed by atoms with Crippen LogP contribution in [0.4, 0.5) is 0 Å². The summed E-state index contributed by atoms with van der Waals surface area (Å²) >= 11 is 0. The highest BCUT2D eigenvalue weighted by molar-refractivity contribution is 5.86. The van der Waals surface area contributed by atoms with Gasteiger partial charge in [0.05, 0.1) is 5.56 Å². The number of rotatable bonds is 4. The monoisotopic (exact) mass is 316 g/mol. The molecule has 2 aliphatic rings. The molecule has 1 aromatic carbocycles. The summed E-state index contributed by atoms with van der Waals surface area (Å²) in [7, 11) is 0. The number of aryl methyl sites for hydroxylation is 1. The Kier molecular flexibility index (Phi) is 3.83. The molecule has 0 bridgehead atoms. The van der Waals surface area contributed by atoms with E-state index in [4.69, 9.17) is 9.15 Å². The first kappa shape index (κ1) is 14.7. The normalized spacial score (nSPS) is 20.3. The fourth-order valence-corrected chi connectivity index (χ4v) is 3.83. The summed E-state index contributed by atoms with van der Waals surface area (Å²) < 4.78 is 11.2. The first-order valence-electron chi connectivity index (χ1n) is 8.46. The van der Waals surface area contributed by atoms with Gasteiger partial charge in [-0.25, -0.2) is 4.79 Å². The largest absolute Gasteiger partial charge is 0.507 e. The Labute approximate surface area is 134 Å². The van der Waals surface area contributed by atoms with E-state index in [0.717, 1.165) is 61.8 Å². The maximum atomic E-state index is 12.2. The summed E-state index contributed by atoms with van der Waals surface area (Å²) in [5.41, 5.74) is 2.96. The molecule has 1 atom stereocenters. The molecule has 4 rings (SSSR count). The number of hydrogen-bond acceptors (Lipinski definition) is 4. The van der Waals surface area contributed by atoms with Crippen LogP contribution >= 0.6 is 0 Å². The number of aromatic hydroxyl groups is 1. The Morgan fingerprint density at radius 2 is 2.09 bits per heavy atom. The summed E-state index contributed by atoms with van der Waals surface area (Å²) in [6.45, 7) is 2.30. The van der Waals surface area contributed by atoms with Crippen molar-refractivity contribution in [3.05, 3.63) is 39.2 Å². The maximum absolute atomic E-state index is 12.2. The molecule has 122 valence electrons. The van der Waals surface area contributed by atoms with E-state index in [1.807, 2.05) is 6.07 Å². The Morgan fingerprint density at radius 1 is 1.22 bits per heavy atom. The lowest BCUT2D eigenvalue weighted by atomic mass is 10.0. The Morgan fingerprint density at radius 3 is 2.91 bits per heavy atom. The number of nitrogens with two attached hydrogens (primary N) is 1. The van der Waals surface area contributed by atoms with E-state index in [1.54, 1.807) is 6.07 Å². The lowest BCUT2D eigenvalue weighted by molar-refractivity contribution is -0.676. The predicted octanol–water partition coefficient (Wildman–Crippen LogP) is 1.23. The quantitative estimate of drug-likeness (QED) is 0.832. The lowest BCUT2D eigenvalue weighted by Crippen LogP contribution is -2.84. The second-order valence-corrected chi connectivity index (χ2v) is 6.50. The van der Waals surface area contributed by atoms with Crippen LogP contribution in [0.25, 0.3) is 11.0 Å². The van der Waals surface area contributed by atoms with Gasteiger partial charge in [0.2, 0.25) is 0 Å². The molecule has 1 aliphatic carbocycles. The van der Waals surface area contributed by atoms with Crippen molar-refractivity contribution >= 4 is 11.0 Å². The smallest absolute Gasteiger partial charge is 0.339 e. The molecule has 1 fully saturated rings. The highest BCUT2D eigenvalue weighted by Gasteiger charge is 2.23. The van der Waals surface area contributed by atoms with Crippen LogP contribution in [0, 0.1) is 0 Å². The van der Waals surface area contributed by atoms with Crippen LogP contribution in [0.1, 0.15) is 36.0 Å². The average molecular weight is 316 g/mol. The highest BCUT2D eigenvalue weighted by Crippen LogP contribution is 2.32. The molecule has 23 heavy (non-hydrogen) atoms. The van der Waals surface area contributed by atoms with Crippen LogP contribution in [0.15, 0.2) is 21.3 Å². The van der Waals surface area contributed by atoms with E-state index in [0.29, 0.717) is 23.8 Å². The van der Waals surface area contributed by atoms with Crippen LogP contribution in [-0.2, 0) is 24.1 Å². The van der Waals surface area contributed by atoms with Crippen LogP contribution in [-0.4, -0.2) is 24.4 Å². The Balaban J connectivity index is 1.66. The van der Waals surface area contributed by atoms with Crippen LogP contribution in [0.5, 0.6) is 5.75 Å². The van der Waals surface area contributed by atoms with Gasteiger partial charge in [-0.05, 0) is 49.8 Å². The van der Waals surface area contributed by atoms with E-state index in [9.17, 15) is 9.90 Å². The van der Waals surface area contributed by atoms with Gasteiger partial charge in [-0.2, -0.15) is 0 Å². The standard InChI is InChI=1S/C18H21NO4/c20-16-7-6-13-12-4-1-5-14(12)18(21)23-17(13)15(16)10-19-9-11-3-2-8-22-11/h6-7,11,19-20H,1-5,8-10H2/p+1/t11-/m1/s1. The van der Waals surface area contributed by atoms with Gasteiger partial charge in [0.1, 0.15) is 24.9 Å². The van der Waals surface area contributed by atoms with Crippen molar-refractivity contribution in [1.82, 2.24) is 0 Å². The van der Waals surface area contributed by atoms with Crippen LogP contribution < -0.4 is 10.9 Å². The summed E-state index contributed by atoms with van der Waals surface area (Å²) in [5.74, 6) is 0.196. The number of phenolic OH excluding ortho intramolecular Hbond substituents is 1. The minimum absolute atomic E-state index is 0.196. The number of fused-ring (bicyclic) bond motifs is 3. The van der Waals surface area contributed by atoms with Crippen LogP contribution in [0.2, 0.25) is 0 Å². The van der Waals surface area contributed by atoms with Crippen molar-refractivity contribution in [3.8, 4) is 5.75 Å². The third kappa shape index (κ3) is 2.64. The van der Waals surface area contributed by atoms with Gasteiger partial charge in [-0.1, -0.05) is 0 Å². The first-order chi connectivity index (χ1) is 11.2. The molecule has 5 heteroatoms. The molecule has 0 radical (unpaired) electrons. The fraction of sp³-hybridized carbons (Fsp3) is 0.500. The van der Waals surface area contributed by atoms with Crippen molar-refractivity contribution in [3.63, 3.8) is 0 Å². The number of quaternary nitrogens is 1. The number of benzene rings is 1. The van der Waals surface area contributed by atoms with Gasteiger partial charge in [0, 0.05) is 17.6 Å². The third-order valence-electron chi connectivity index (χ3n) is 5.02. The molecule has 2 heterocycles. The summed E-state index contributed by atoms with van der Waals surface area (Å²) in [5, 5.41) is 13.3. The molecule has 1 aromatic heterocycles. The molecule has 0 spiro atoms. The maximum Gasteiger partial charge on any atom is 0.339 e. The summed E-state index contributed by atoms with van der Waals surface area (Å²) in [6, 6.07) is 3.59.